The first-order chi connectivity index (χ1) is 17.2. The van der Waals surface area contributed by atoms with Gasteiger partial charge >= 0.3 is 12.2 Å². The SMILES string of the molecule is O=C(N1CC2(CCC(Cc3ccc(C(F)(F)F)cn3)C2)C1)N1CC2(CC(c3n[nH]c(C4CC4)n3)C2)C1. The lowest BCUT2D eigenvalue weighted by Gasteiger charge is -2.60. The second-order valence-electron chi connectivity index (χ2n) is 12.3. The number of carbonyl (C=O) groups is 1. The van der Waals surface area contributed by atoms with Gasteiger partial charge in [-0.1, -0.05) is 0 Å². The fraction of sp³-hybridized carbons (Fsp3) is 0.692. The van der Waals surface area contributed by atoms with E-state index in [0.29, 0.717) is 24.2 Å². The molecule has 1 atom stereocenters. The molecule has 7 rings (SSSR count). The fourth-order valence-corrected chi connectivity index (χ4v) is 7.23. The van der Waals surface area contributed by atoms with Gasteiger partial charge in [0.25, 0.3) is 0 Å². The van der Waals surface area contributed by atoms with Crippen molar-refractivity contribution in [2.45, 2.75) is 69.4 Å². The lowest BCUT2D eigenvalue weighted by molar-refractivity contribution is -0.137. The predicted octanol–water partition coefficient (Wildman–Crippen LogP) is 4.74. The van der Waals surface area contributed by atoms with Crippen LogP contribution in [0, 0.1) is 16.7 Å². The van der Waals surface area contributed by atoms with Crippen molar-refractivity contribution in [3.63, 3.8) is 0 Å². The third kappa shape index (κ3) is 3.87. The number of nitrogens with zero attached hydrogens (tertiary/aromatic N) is 5. The number of alkyl halides is 3. The third-order valence-electron chi connectivity index (χ3n) is 9.31. The molecule has 2 aromatic rings. The summed E-state index contributed by atoms with van der Waals surface area (Å²) in [7, 11) is 0. The van der Waals surface area contributed by atoms with Gasteiger partial charge in [0.1, 0.15) is 5.82 Å². The molecule has 192 valence electrons. The van der Waals surface area contributed by atoms with E-state index < -0.39 is 11.7 Å². The van der Waals surface area contributed by atoms with Crippen molar-refractivity contribution < 1.29 is 18.0 Å². The number of carbonyl (C=O) groups excluding carboxylic acids is 1. The summed E-state index contributed by atoms with van der Waals surface area (Å²) in [5, 5.41) is 7.55. The Hall–Kier alpha value is -2.65. The molecule has 7 nitrogen and oxygen atoms in total. The fourth-order valence-electron chi connectivity index (χ4n) is 7.23. The van der Waals surface area contributed by atoms with E-state index in [4.69, 9.17) is 4.98 Å². The van der Waals surface area contributed by atoms with Crippen LogP contribution in [0.15, 0.2) is 18.3 Å². The Balaban J connectivity index is 0.860. The zero-order valence-electron chi connectivity index (χ0n) is 20.2. The van der Waals surface area contributed by atoms with Crippen LogP contribution >= 0.6 is 0 Å². The van der Waals surface area contributed by atoms with Crippen LogP contribution in [0.3, 0.4) is 0 Å². The van der Waals surface area contributed by atoms with Crippen molar-refractivity contribution in [3.05, 3.63) is 41.2 Å². The Morgan fingerprint density at radius 2 is 1.72 bits per heavy atom. The summed E-state index contributed by atoms with van der Waals surface area (Å²) in [6.45, 7) is 3.29. The topological polar surface area (TPSA) is 78.0 Å². The first-order valence-corrected chi connectivity index (χ1v) is 13.2. The van der Waals surface area contributed by atoms with Gasteiger partial charge in [-0.25, -0.2) is 9.78 Å². The van der Waals surface area contributed by atoms with E-state index in [0.717, 1.165) is 87.9 Å². The Labute approximate surface area is 207 Å². The number of amides is 2. The van der Waals surface area contributed by atoms with E-state index in [2.05, 4.69) is 15.2 Å². The van der Waals surface area contributed by atoms with Gasteiger partial charge in [0.05, 0.1) is 5.56 Å². The van der Waals surface area contributed by atoms with Crippen LogP contribution in [0.4, 0.5) is 18.0 Å². The maximum Gasteiger partial charge on any atom is 0.417 e. The number of aromatic nitrogens is 4. The predicted molar refractivity (Wildman–Crippen MR) is 124 cm³/mol. The zero-order chi connectivity index (χ0) is 24.7. The number of urea groups is 1. The second-order valence-corrected chi connectivity index (χ2v) is 12.3. The van der Waals surface area contributed by atoms with Crippen LogP contribution in [-0.2, 0) is 12.6 Å². The monoisotopic (exact) mass is 500 g/mol. The van der Waals surface area contributed by atoms with Gasteiger partial charge in [-0.15, -0.1) is 0 Å². The molecule has 3 saturated carbocycles. The molecule has 3 aliphatic carbocycles. The first-order valence-electron chi connectivity index (χ1n) is 13.2. The van der Waals surface area contributed by atoms with Crippen LogP contribution in [0.2, 0.25) is 0 Å². The quantitative estimate of drug-likeness (QED) is 0.658. The number of nitrogens with one attached hydrogen (secondary N) is 1. The highest BCUT2D eigenvalue weighted by molar-refractivity contribution is 5.77. The van der Waals surface area contributed by atoms with Crippen LogP contribution in [0.1, 0.15) is 79.7 Å². The van der Waals surface area contributed by atoms with Gasteiger partial charge < -0.3 is 9.80 Å². The Kier molecular flexibility index (Phi) is 4.81. The van der Waals surface area contributed by atoms with E-state index >= 15 is 0 Å². The maximum atomic E-state index is 13.0. The summed E-state index contributed by atoms with van der Waals surface area (Å²) >= 11 is 0. The summed E-state index contributed by atoms with van der Waals surface area (Å²) in [5.74, 6) is 3.44. The number of halogens is 3. The van der Waals surface area contributed by atoms with Gasteiger partial charge in [0, 0.05) is 60.7 Å². The maximum absolute atomic E-state index is 13.0. The Bertz CT molecular complexity index is 1150. The van der Waals surface area contributed by atoms with Gasteiger partial charge in [-0.3, -0.25) is 10.1 Å². The summed E-state index contributed by atoms with van der Waals surface area (Å²) in [6, 6.07) is 2.79. The minimum absolute atomic E-state index is 0.163. The largest absolute Gasteiger partial charge is 0.417 e. The highest BCUT2D eigenvalue weighted by atomic mass is 19.4. The lowest BCUT2D eigenvalue weighted by Crippen LogP contribution is -2.69. The number of aromatic amines is 1. The van der Waals surface area contributed by atoms with Crippen LogP contribution in [0.5, 0.6) is 0 Å². The van der Waals surface area contributed by atoms with Crippen LogP contribution in [0.25, 0.3) is 0 Å². The first kappa shape index (κ1) is 22.5. The van der Waals surface area contributed by atoms with Crippen LogP contribution in [-0.4, -0.2) is 62.2 Å². The number of rotatable bonds is 4. The summed E-state index contributed by atoms with van der Waals surface area (Å²) in [5.41, 5.74) is 0.459. The van der Waals surface area contributed by atoms with Crippen molar-refractivity contribution in [2.24, 2.45) is 16.7 Å². The van der Waals surface area contributed by atoms with Crippen molar-refractivity contribution in [1.82, 2.24) is 30.0 Å². The van der Waals surface area contributed by atoms with E-state index in [1.165, 1.54) is 18.9 Å². The average molecular weight is 501 g/mol. The molecule has 5 aliphatic rings. The second kappa shape index (κ2) is 7.68. The normalized spacial score (nSPS) is 26.7. The van der Waals surface area contributed by atoms with E-state index in [1.807, 2.05) is 9.80 Å². The van der Waals surface area contributed by atoms with E-state index in [1.54, 1.807) is 0 Å². The minimum atomic E-state index is -4.35. The molecule has 2 aliphatic heterocycles. The Morgan fingerprint density at radius 3 is 2.36 bits per heavy atom. The van der Waals surface area contributed by atoms with E-state index in [9.17, 15) is 18.0 Å². The molecule has 2 aromatic heterocycles. The molecule has 36 heavy (non-hydrogen) atoms. The standard InChI is InChI=1S/C26H31F3N6O/c27-26(28,29)19-3-4-20(30-11-19)7-16-5-6-24(8-16)12-34(13-24)23(36)35-14-25(15-35)9-18(10-25)22-31-21(32-33-22)17-1-2-17/h3-4,11,16-18H,1-2,5-10,12-15H2,(H,31,32,33). The number of hydrogen-bond acceptors (Lipinski definition) is 4. The van der Waals surface area contributed by atoms with Crippen molar-refractivity contribution in [3.8, 4) is 0 Å². The molecule has 1 unspecified atom stereocenters. The minimum Gasteiger partial charge on any atom is -0.323 e. The third-order valence-corrected chi connectivity index (χ3v) is 9.31. The molecule has 2 spiro atoms. The molecule has 5 fully saturated rings. The Morgan fingerprint density at radius 1 is 1.00 bits per heavy atom. The van der Waals surface area contributed by atoms with Gasteiger partial charge in [-0.2, -0.15) is 18.3 Å². The van der Waals surface area contributed by atoms with Gasteiger partial charge in [0.15, 0.2) is 5.82 Å². The smallest absolute Gasteiger partial charge is 0.323 e. The molecule has 10 heteroatoms. The van der Waals surface area contributed by atoms with Gasteiger partial charge in [-0.05, 0) is 69.4 Å². The van der Waals surface area contributed by atoms with E-state index in [-0.39, 0.29) is 16.9 Å². The molecule has 1 N–H and O–H groups in total. The molecule has 2 saturated heterocycles. The number of likely N-dealkylation sites (tertiary alicyclic amines) is 2. The molecule has 4 heterocycles. The van der Waals surface area contributed by atoms with Crippen molar-refractivity contribution in [2.75, 3.05) is 26.2 Å². The molecule has 0 radical (unpaired) electrons. The molecule has 0 bridgehead atoms. The summed E-state index contributed by atoms with van der Waals surface area (Å²) in [6.07, 6.45) is 5.01. The molecule has 2 amide bonds. The highest BCUT2D eigenvalue weighted by Gasteiger charge is 2.57. The number of pyridine rings is 1. The molecular weight excluding hydrogens is 469 g/mol. The van der Waals surface area contributed by atoms with Crippen molar-refractivity contribution >= 4 is 6.03 Å². The summed E-state index contributed by atoms with van der Waals surface area (Å²) < 4.78 is 38.3. The molecule has 0 aromatic carbocycles. The zero-order valence-corrected chi connectivity index (χ0v) is 20.2. The highest BCUT2D eigenvalue weighted by Crippen LogP contribution is 2.56. The molecular formula is C26H31F3N6O. The van der Waals surface area contributed by atoms with Crippen molar-refractivity contribution in [1.29, 1.82) is 0 Å². The average Bonchev–Trinajstić information content (AvgIpc) is 3.34. The van der Waals surface area contributed by atoms with Gasteiger partial charge in [0.2, 0.25) is 0 Å². The number of H-pyrrole nitrogens is 1. The number of hydrogen-bond donors (Lipinski definition) is 1. The van der Waals surface area contributed by atoms with Crippen LogP contribution < -0.4 is 0 Å². The summed E-state index contributed by atoms with van der Waals surface area (Å²) in [4.78, 5) is 25.8. The lowest BCUT2D eigenvalue weighted by atomic mass is 9.57.